The largest absolute Gasteiger partial charge is 0.300 e. The highest BCUT2D eigenvalue weighted by Crippen LogP contribution is 2.15. The molecule has 0 unspecified atom stereocenters. The smallest absolute Gasteiger partial charge is 0.135 e. The lowest BCUT2D eigenvalue weighted by Gasteiger charge is -1.98. The van der Waals surface area contributed by atoms with E-state index in [2.05, 4.69) is 21.0 Å². The first kappa shape index (κ1) is 8.46. The van der Waals surface area contributed by atoms with Gasteiger partial charge in [-0.25, -0.2) is 0 Å². The number of Topliss-reactive ketones (excluding diaryl/α,β-unsaturated/α-hetero) is 1. The lowest BCUT2D eigenvalue weighted by Crippen LogP contribution is -2.04. The molecule has 0 N–H and O–H groups in total. The number of ketones is 1. The van der Waals surface area contributed by atoms with E-state index >= 15 is 0 Å². The molecular formula is C7H9BrN2O. The van der Waals surface area contributed by atoms with Crippen molar-refractivity contribution in [2.45, 2.75) is 13.3 Å². The minimum Gasteiger partial charge on any atom is -0.300 e. The summed E-state index contributed by atoms with van der Waals surface area (Å²) in [4.78, 5) is 10.8. The molecule has 0 radical (unpaired) electrons. The average Bonchev–Trinajstić information content (AvgIpc) is 2.18. The summed E-state index contributed by atoms with van der Waals surface area (Å²) in [5.41, 5.74) is 0.928. The second-order valence-electron chi connectivity index (χ2n) is 2.44. The van der Waals surface area contributed by atoms with Crippen LogP contribution in [0.25, 0.3) is 0 Å². The highest BCUT2D eigenvalue weighted by atomic mass is 79.9. The van der Waals surface area contributed by atoms with Crippen LogP contribution in [0.3, 0.4) is 0 Å². The summed E-state index contributed by atoms with van der Waals surface area (Å²) in [7, 11) is 1.82. The van der Waals surface area contributed by atoms with Crippen molar-refractivity contribution in [3.63, 3.8) is 0 Å². The van der Waals surface area contributed by atoms with Crippen molar-refractivity contribution >= 4 is 21.7 Å². The molecule has 1 heterocycles. The number of carbonyl (C=O) groups excluding carboxylic acids is 1. The fourth-order valence-corrected chi connectivity index (χ4v) is 1.36. The number of carbonyl (C=O) groups is 1. The predicted octanol–water partition coefficient (Wildman–Crippen LogP) is 1.31. The van der Waals surface area contributed by atoms with Crippen molar-refractivity contribution in [1.82, 2.24) is 9.78 Å². The molecule has 4 heteroatoms. The molecule has 0 amide bonds. The van der Waals surface area contributed by atoms with Crippen LogP contribution in [0.5, 0.6) is 0 Å². The van der Waals surface area contributed by atoms with Crippen LogP contribution in [0.15, 0.2) is 10.7 Å². The van der Waals surface area contributed by atoms with Crippen molar-refractivity contribution in [2.75, 3.05) is 0 Å². The van der Waals surface area contributed by atoms with Gasteiger partial charge in [0.05, 0.1) is 16.4 Å². The molecule has 60 valence electrons. The Morgan fingerprint density at radius 1 is 1.82 bits per heavy atom. The van der Waals surface area contributed by atoms with Gasteiger partial charge in [0.25, 0.3) is 0 Å². The summed E-state index contributed by atoms with van der Waals surface area (Å²) in [5, 5.41) is 3.99. The first-order valence-electron chi connectivity index (χ1n) is 3.27. The van der Waals surface area contributed by atoms with Crippen LogP contribution < -0.4 is 0 Å². The molecule has 0 atom stereocenters. The lowest BCUT2D eigenvalue weighted by molar-refractivity contribution is -0.116. The van der Waals surface area contributed by atoms with E-state index in [4.69, 9.17) is 0 Å². The summed E-state index contributed by atoms with van der Waals surface area (Å²) in [5.74, 6) is 0.148. The molecule has 0 fully saturated rings. The van der Waals surface area contributed by atoms with Gasteiger partial charge in [0, 0.05) is 13.5 Å². The molecule has 1 rings (SSSR count). The van der Waals surface area contributed by atoms with Gasteiger partial charge in [-0.2, -0.15) is 5.10 Å². The van der Waals surface area contributed by atoms with Gasteiger partial charge in [-0.1, -0.05) is 0 Å². The Morgan fingerprint density at radius 3 is 2.82 bits per heavy atom. The Bertz CT molecular complexity index is 260. The highest BCUT2D eigenvalue weighted by Gasteiger charge is 2.07. The van der Waals surface area contributed by atoms with Gasteiger partial charge >= 0.3 is 0 Å². The molecule has 0 aliphatic heterocycles. The van der Waals surface area contributed by atoms with Crippen molar-refractivity contribution in [3.05, 3.63) is 16.4 Å². The monoisotopic (exact) mass is 216 g/mol. The maximum Gasteiger partial charge on any atom is 0.135 e. The van der Waals surface area contributed by atoms with E-state index in [0.717, 1.165) is 10.2 Å². The maximum atomic E-state index is 10.8. The van der Waals surface area contributed by atoms with E-state index in [0.29, 0.717) is 6.42 Å². The summed E-state index contributed by atoms with van der Waals surface area (Å²) in [6.45, 7) is 1.57. The molecule has 3 nitrogen and oxygen atoms in total. The summed E-state index contributed by atoms with van der Waals surface area (Å²) >= 11 is 3.31. The van der Waals surface area contributed by atoms with E-state index in [1.54, 1.807) is 17.8 Å². The van der Waals surface area contributed by atoms with Crippen LogP contribution in [-0.4, -0.2) is 15.6 Å². The number of hydrogen-bond acceptors (Lipinski definition) is 2. The SMILES string of the molecule is CC(=O)Cc1c(Br)cnn1C. The van der Waals surface area contributed by atoms with Crippen molar-refractivity contribution in [1.29, 1.82) is 0 Å². The van der Waals surface area contributed by atoms with Crippen LogP contribution in [-0.2, 0) is 18.3 Å². The zero-order chi connectivity index (χ0) is 8.43. The number of aryl methyl sites for hydroxylation is 1. The molecule has 11 heavy (non-hydrogen) atoms. The first-order chi connectivity index (χ1) is 5.11. The summed E-state index contributed by atoms with van der Waals surface area (Å²) in [6.07, 6.45) is 2.13. The third kappa shape index (κ3) is 1.89. The molecule has 1 aromatic heterocycles. The van der Waals surface area contributed by atoms with Gasteiger partial charge in [0.2, 0.25) is 0 Å². The molecule has 0 saturated heterocycles. The minimum atomic E-state index is 0.148. The number of aromatic nitrogens is 2. The van der Waals surface area contributed by atoms with Gasteiger partial charge in [-0.3, -0.25) is 9.48 Å². The Balaban J connectivity index is 2.92. The number of halogens is 1. The molecule has 0 spiro atoms. The third-order valence-electron chi connectivity index (χ3n) is 1.43. The third-order valence-corrected chi connectivity index (χ3v) is 2.09. The minimum absolute atomic E-state index is 0.148. The fourth-order valence-electron chi connectivity index (χ4n) is 0.871. The van der Waals surface area contributed by atoms with Crippen LogP contribution in [0.4, 0.5) is 0 Å². The Morgan fingerprint density at radius 2 is 2.45 bits per heavy atom. The number of rotatable bonds is 2. The first-order valence-corrected chi connectivity index (χ1v) is 4.06. The summed E-state index contributed by atoms with van der Waals surface area (Å²) in [6, 6.07) is 0. The second kappa shape index (κ2) is 3.17. The lowest BCUT2D eigenvalue weighted by atomic mass is 10.2. The number of hydrogen-bond donors (Lipinski definition) is 0. The second-order valence-corrected chi connectivity index (χ2v) is 3.30. The quantitative estimate of drug-likeness (QED) is 0.748. The normalized spacial score (nSPS) is 10.1. The molecule has 0 bridgehead atoms. The summed E-state index contributed by atoms with van der Waals surface area (Å²) < 4.78 is 2.60. The Hall–Kier alpha value is -0.640. The molecular weight excluding hydrogens is 208 g/mol. The Labute approximate surface area is 73.5 Å². The van der Waals surface area contributed by atoms with E-state index in [9.17, 15) is 4.79 Å². The van der Waals surface area contributed by atoms with Crippen LogP contribution in [0.2, 0.25) is 0 Å². The highest BCUT2D eigenvalue weighted by molar-refractivity contribution is 9.10. The van der Waals surface area contributed by atoms with Gasteiger partial charge in [0.1, 0.15) is 5.78 Å². The van der Waals surface area contributed by atoms with E-state index < -0.39 is 0 Å². The Kier molecular flexibility index (Phi) is 2.44. The standard InChI is InChI=1S/C7H9BrN2O/c1-5(11)3-7-6(8)4-9-10(7)2/h4H,3H2,1-2H3. The van der Waals surface area contributed by atoms with E-state index in [1.165, 1.54) is 0 Å². The van der Waals surface area contributed by atoms with Gasteiger partial charge in [-0.05, 0) is 22.9 Å². The molecule has 0 aromatic carbocycles. The predicted molar refractivity (Wildman–Crippen MR) is 45.3 cm³/mol. The molecule has 0 aliphatic carbocycles. The van der Waals surface area contributed by atoms with Gasteiger partial charge < -0.3 is 0 Å². The number of nitrogens with zero attached hydrogens (tertiary/aromatic N) is 2. The van der Waals surface area contributed by atoms with Gasteiger partial charge in [0.15, 0.2) is 0 Å². The van der Waals surface area contributed by atoms with Crippen molar-refractivity contribution in [2.24, 2.45) is 7.05 Å². The zero-order valence-electron chi connectivity index (χ0n) is 6.47. The van der Waals surface area contributed by atoms with E-state index in [1.807, 2.05) is 7.05 Å². The fraction of sp³-hybridized carbons (Fsp3) is 0.429. The molecule has 0 saturated carbocycles. The molecule has 0 aliphatic rings. The topological polar surface area (TPSA) is 34.9 Å². The van der Waals surface area contributed by atoms with E-state index in [-0.39, 0.29) is 5.78 Å². The average molecular weight is 217 g/mol. The van der Waals surface area contributed by atoms with Crippen molar-refractivity contribution in [3.8, 4) is 0 Å². The maximum absolute atomic E-state index is 10.8. The molecule has 1 aromatic rings. The van der Waals surface area contributed by atoms with Crippen LogP contribution in [0.1, 0.15) is 12.6 Å². The zero-order valence-corrected chi connectivity index (χ0v) is 8.05. The van der Waals surface area contributed by atoms with Crippen LogP contribution >= 0.6 is 15.9 Å². The van der Waals surface area contributed by atoms with Crippen molar-refractivity contribution < 1.29 is 4.79 Å². The van der Waals surface area contributed by atoms with Gasteiger partial charge in [-0.15, -0.1) is 0 Å². The van der Waals surface area contributed by atoms with Crippen LogP contribution in [0, 0.1) is 0 Å².